The zero-order valence-electron chi connectivity index (χ0n) is 7.25. The normalized spacial score (nSPS) is 16.8. The molecule has 1 N–H and O–H groups in total. The number of ether oxygens (including phenoxy) is 1. The van der Waals surface area contributed by atoms with E-state index in [0.717, 1.165) is 17.7 Å². The summed E-state index contributed by atoms with van der Waals surface area (Å²) in [5.41, 5.74) is 2.05. The van der Waals surface area contributed by atoms with Crippen LogP contribution in [0.15, 0.2) is 24.3 Å². The highest BCUT2D eigenvalue weighted by Crippen LogP contribution is 2.16. The smallest absolute Gasteiger partial charge is 0.250 e. The molecule has 0 bridgehead atoms. The predicted octanol–water partition coefficient (Wildman–Crippen LogP) is 1.20. The van der Waals surface area contributed by atoms with Crippen molar-refractivity contribution in [3.63, 3.8) is 0 Å². The number of nitrogens with one attached hydrogen (secondary N) is 1. The van der Waals surface area contributed by atoms with Crippen molar-refractivity contribution in [3.8, 4) is 0 Å². The number of amides is 1. The van der Waals surface area contributed by atoms with Crippen molar-refractivity contribution < 1.29 is 9.53 Å². The zero-order valence-corrected chi connectivity index (χ0v) is 7.25. The van der Waals surface area contributed by atoms with E-state index in [4.69, 9.17) is 4.74 Å². The van der Waals surface area contributed by atoms with Crippen LogP contribution >= 0.6 is 0 Å². The minimum atomic E-state index is -0.0767. The minimum Gasteiger partial charge on any atom is -0.371 e. The maximum atomic E-state index is 11.2. The van der Waals surface area contributed by atoms with Crippen molar-refractivity contribution in [2.24, 2.45) is 0 Å². The Morgan fingerprint density at radius 3 is 3.08 bits per heavy atom. The number of hydrogen-bond donors (Lipinski definition) is 1. The largest absolute Gasteiger partial charge is 0.371 e. The molecule has 1 aromatic carbocycles. The molecular formula is C10H11NO2. The average Bonchev–Trinajstić information content (AvgIpc) is 2.11. The number of carbonyl (C=O) groups is 1. The van der Waals surface area contributed by atoms with Gasteiger partial charge in [0.05, 0.1) is 6.61 Å². The third kappa shape index (κ3) is 1.87. The van der Waals surface area contributed by atoms with E-state index in [0.29, 0.717) is 6.61 Å². The summed E-state index contributed by atoms with van der Waals surface area (Å²) in [7, 11) is 0. The van der Waals surface area contributed by atoms with Crippen LogP contribution in [-0.2, 0) is 16.0 Å². The Balaban J connectivity index is 2.30. The molecule has 0 atom stereocenters. The molecule has 0 spiro atoms. The van der Waals surface area contributed by atoms with Crippen LogP contribution in [0.3, 0.4) is 0 Å². The molecule has 0 saturated carbocycles. The topological polar surface area (TPSA) is 38.3 Å². The number of benzene rings is 1. The van der Waals surface area contributed by atoms with E-state index in [9.17, 15) is 4.79 Å². The van der Waals surface area contributed by atoms with Gasteiger partial charge in [-0.15, -0.1) is 0 Å². The highest BCUT2D eigenvalue weighted by atomic mass is 16.5. The lowest BCUT2D eigenvalue weighted by Crippen LogP contribution is -2.22. The van der Waals surface area contributed by atoms with Crippen LogP contribution in [0.2, 0.25) is 0 Å². The molecule has 3 nitrogen and oxygen atoms in total. The summed E-state index contributed by atoms with van der Waals surface area (Å²) in [5.74, 6) is -0.0767. The van der Waals surface area contributed by atoms with Gasteiger partial charge in [0.25, 0.3) is 0 Å². The fraction of sp³-hybridized carbons (Fsp3) is 0.300. The SMILES string of the molecule is O=C1COCCc2ccccc2N1. The second kappa shape index (κ2) is 3.58. The van der Waals surface area contributed by atoms with Crippen LogP contribution in [0, 0.1) is 0 Å². The fourth-order valence-corrected chi connectivity index (χ4v) is 1.39. The molecule has 0 aliphatic carbocycles. The second-order valence-corrected chi connectivity index (χ2v) is 3.01. The fourth-order valence-electron chi connectivity index (χ4n) is 1.39. The van der Waals surface area contributed by atoms with Gasteiger partial charge in [0.15, 0.2) is 0 Å². The van der Waals surface area contributed by atoms with E-state index in [-0.39, 0.29) is 12.5 Å². The molecule has 1 amide bonds. The number of anilines is 1. The van der Waals surface area contributed by atoms with Crippen LogP contribution in [-0.4, -0.2) is 19.1 Å². The van der Waals surface area contributed by atoms with Crippen LogP contribution in [0.5, 0.6) is 0 Å². The lowest BCUT2D eigenvalue weighted by molar-refractivity contribution is -0.120. The summed E-state index contributed by atoms with van der Waals surface area (Å²) in [6.07, 6.45) is 0.858. The van der Waals surface area contributed by atoms with E-state index in [1.54, 1.807) is 0 Å². The van der Waals surface area contributed by atoms with Gasteiger partial charge in [-0.25, -0.2) is 0 Å². The van der Waals surface area contributed by atoms with Crippen molar-refractivity contribution in [2.75, 3.05) is 18.5 Å². The third-order valence-electron chi connectivity index (χ3n) is 2.04. The Hall–Kier alpha value is -1.35. The first-order chi connectivity index (χ1) is 6.36. The van der Waals surface area contributed by atoms with Gasteiger partial charge in [-0.2, -0.15) is 0 Å². The van der Waals surface area contributed by atoms with Crippen molar-refractivity contribution >= 4 is 11.6 Å². The average molecular weight is 177 g/mol. The van der Waals surface area contributed by atoms with Crippen LogP contribution in [0.4, 0.5) is 5.69 Å². The Morgan fingerprint density at radius 1 is 1.31 bits per heavy atom. The second-order valence-electron chi connectivity index (χ2n) is 3.01. The molecule has 0 aromatic heterocycles. The van der Waals surface area contributed by atoms with Gasteiger partial charge in [-0.1, -0.05) is 18.2 Å². The molecule has 3 heteroatoms. The summed E-state index contributed by atoms with van der Waals surface area (Å²) in [4.78, 5) is 11.2. The summed E-state index contributed by atoms with van der Waals surface area (Å²) in [6.45, 7) is 0.777. The Bertz CT molecular complexity index is 322. The van der Waals surface area contributed by atoms with Crippen LogP contribution in [0.25, 0.3) is 0 Å². The molecule has 1 aromatic rings. The van der Waals surface area contributed by atoms with Crippen LogP contribution in [0.1, 0.15) is 5.56 Å². The third-order valence-corrected chi connectivity index (χ3v) is 2.04. The van der Waals surface area contributed by atoms with Gasteiger partial charge in [-0.3, -0.25) is 4.79 Å². The summed E-state index contributed by atoms with van der Waals surface area (Å²) >= 11 is 0. The summed E-state index contributed by atoms with van der Waals surface area (Å²) in [5, 5.41) is 2.80. The highest BCUT2D eigenvalue weighted by Gasteiger charge is 2.09. The molecule has 0 fully saturated rings. The first-order valence-electron chi connectivity index (χ1n) is 4.32. The van der Waals surface area contributed by atoms with Gasteiger partial charge in [0.2, 0.25) is 5.91 Å². The van der Waals surface area contributed by atoms with Crippen molar-refractivity contribution in [1.82, 2.24) is 0 Å². The molecule has 1 aliphatic rings. The predicted molar refractivity (Wildman–Crippen MR) is 49.6 cm³/mol. The number of fused-ring (bicyclic) bond motifs is 1. The number of rotatable bonds is 0. The van der Waals surface area contributed by atoms with Crippen molar-refractivity contribution in [1.29, 1.82) is 0 Å². The number of carbonyl (C=O) groups excluding carboxylic acids is 1. The monoisotopic (exact) mass is 177 g/mol. The van der Waals surface area contributed by atoms with Gasteiger partial charge in [0.1, 0.15) is 6.61 Å². The minimum absolute atomic E-state index is 0.0767. The molecule has 0 saturated heterocycles. The van der Waals surface area contributed by atoms with E-state index in [1.165, 1.54) is 0 Å². The molecule has 0 radical (unpaired) electrons. The molecule has 1 aliphatic heterocycles. The number of hydrogen-bond acceptors (Lipinski definition) is 2. The van der Waals surface area contributed by atoms with E-state index < -0.39 is 0 Å². The lowest BCUT2D eigenvalue weighted by Gasteiger charge is -2.14. The maximum absolute atomic E-state index is 11.2. The Morgan fingerprint density at radius 2 is 2.15 bits per heavy atom. The summed E-state index contributed by atoms with van der Waals surface area (Å²) < 4.78 is 5.13. The summed E-state index contributed by atoms with van der Waals surface area (Å²) in [6, 6.07) is 7.80. The maximum Gasteiger partial charge on any atom is 0.250 e. The van der Waals surface area contributed by atoms with Crippen molar-refractivity contribution in [2.45, 2.75) is 6.42 Å². The molecular weight excluding hydrogens is 166 g/mol. The highest BCUT2D eigenvalue weighted by molar-refractivity contribution is 5.92. The van der Waals surface area contributed by atoms with Crippen molar-refractivity contribution in [3.05, 3.63) is 29.8 Å². The molecule has 2 rings (SSSR count). The first kappa shape index (κ1) is 8.26. The molecule has 13 heavy (non-hydrogen) atoms. The van der Waals surface area contributed by atoms with Gasteiger partial charge >= 0.3 is 0 Å². The molecule has 68 valence electrons. The molecule has 1 heterocycles. The lowest BCUT2D eigenvalue weighted by atomic mass is 10.1. The van der Waals surface area contributed by atoms with E-state index in [1.807, 2.05) is 24.3 Å². The van der Waals surface area contributed by atoms with Gasteiger partial charge < -0.3 is 10.1 Å². The first-order valence-corrected chi connectivity index (χ1v) is 4.32. The number of para-hydroxylation sites is 1. The van der Waals surface area contributed by atoms with Gasteiger partial charge in [0, 0.05) is 5.69 Å². The Kier molecular flexibility index (Phi) is 2.27. The van der Waals surface area contributed by atoms with E-state index >= 15 is 0 Å². The van der Waals surface area contributed by atoms with Crippen LogP contribution < -0.4 is 5.32 Å². The van der Waals surface area contributed by atoms with Gasteiger partial charge in [-0.05, 0) is 18.1 Å². The quantitative estimate of drug-likeness (QED) is 0.646. The standard InChI is InChI=1S/C10H11NO2/c12-10-7-13-6-5-8-3-1-2-4-9(8)11-10/h1-4H,5-7H2,(H,11,12). The molecule has 0 unspecified atom stereocenters. The zero-order chi connectivity index (χ0) is 9.10. The van der Waals surface area contributed by atoms with E-state index in [2.05, 4.69) is 5.32 Å². The Labute approximate surface area is 76.7 Å².